The second-order valence-corrected chi connectivity index (χ2v) is 9.23. The Hall–Kier alpha value is -2.77. The number of rotatable bonds is 5. The first-order chi connectivity index (χ1) is 15.9. The summed E-state index contributed by atoms with van der Waals surface area (Å²) >= 11 is 0. The van der Waals surface area contributed by atoms with Gasteiger partial charge < -0.3 is 24.8 Å². The number of hydrogen-bond acceptors (Lipinski definition) is 5. The van der Waals surface area contributed by atoms with E-state index in [1.807, 2.05) is 23.1 Å². The van der Waals surface area contributed by atoms with Crippen LogP contribution in [0.3, 0.4) is 0 Å². The second kappa shape index (κ2) is 10.4. The summed E-state index contributed by atoms with van der Waals surface area (Å²) in [5.74, 6) is 0.845. The van der Waals surface area contributed by atoms with Gasteiger partial charge in [-0.15, -0.1) is 0 Å². The van der Waals surface area contributed by atoms with E-state index in [2.05, 4.69) is 59.1 Å². The number of aryl methyl sites for hydroxylation is 1. The van der Waals surface area contributed by atoms with E-state index in [1.54, 1.807) is 7.11 Å². The number of anilines is 2. The lowest BCUT2D eigenvalue weighted by molar-refractivity contribution is 0.143. The van der Waals surface area contributed by atoms with Crippen molar-refractivity contribution in [1.29, 1.82) is 0 Å². The van der Waals surface area contributed by atoms with E-state index >= 15 is 0 Å². The van der Waals surface area contributed by atoms with Crippen molar-refractivity contribution in [3.05, 3.63) is 53.1 Å². The maximum absolute atomic E-state index is 13.0. The van der Waals surface area contributed by atoms with Crippen LogP contribution in [0.25, 0.3) is 0 Å². The smallest absolute Gasteiger partial charge is 0.321 e. The van der Waals surface area contributed by atoms with Gasteiger partial charge in [-0.05, 0) is 55.8 Å². The van der Waals surface area contributed by atoms with Crippen LogP contribution in [0.5, 0.6) is 5.75 Å². The van der Waals surface area contributed by atoms with Crippen molar-refractivity contribution in [3.63, 3.8) is 0 Å². The standard InChI is InChI=1S/C26H37N5O2/c1-20-6-5-7-22(21(20)2)19-29-12-16-31(17-13-29)26(32)27-23-8-9-25(33-4)24(18-23)30-14-10-28(3)11-15-30/h5-9,18H,10-17,19H2,1-4H3,(H,27,32). The molecule has 2 amide bonds. The van der Waals surface area contributed by atoms with Crippen LogP contribution < -0.4 is 15.0 Å². The van der Waals surface area contributed by atoms with Gasteiger partial charge in [0.1, 0.15) is 5.75 Å². The third kappa shape index (κ3) is 5.60. The quantitative estimate of drug-likeness (QED) is 0.755. The molecule has 2 saturated heterocycles. The van der Waals surface area contributed by atoms with Crippen LogP contribution >= 0.6 is 0 Å². The average molecular weight is 452 g/mol. The maximum Gasteiger partial charge on any atom is 0.321 e. The van der Waals surface area contributed by atoms with Gasteiger partial charge in [0.05, 0.1) is 12.8 Å². The Kier molecular flexibility index (Phi) is 7.40. The third-order valence-corrected chi connectivity index (χ3v) is 7.04. The molecule has 7 heteroatoms. The highest BCUT2D eigenvalue weighted by molar-refractivity contribution is 5.90. The number of nitrogens with zero attached hydrogens (tertiary/aromatic N) is 4. The molecule has 0 bridgehead atoms. The first-order valence-corrected chi connectivity index (χ1v) is 11.9. The molecule has 2 fully saturated rings. The van der Waals surface area contributed by atoms with E-state index in [-0.39, 0.29) is 6.03 Å². The lowest BCUT2D eigenvalue weighted by Crippen LogP contribution is -2.49. The van der Waals surface area contributed by atoms with Gasteiger partial charge in [0.25, 0.3) is 0 Å². The number of carbonyl (C=O) groups is 1. The molecule has 2 heterocycles. The molecule has 0 aromatic heterocycles. The number of urea groups is 1. The molecule has 4 rings (SSSR count). The van der Waals surface area contributed by atoms with E-state index in [1.165, 1.54) is 16.7 Å². The van der Waals surface area contributed by atoms with Gasteiger partial charge >= 0.3 is 6.03 Å². The first-order valence-electron chi connectivity index (χ1n) is 11.9. The summed E-state index contributed by atoms with van der Waals surface area (Å²) in [6, 6.07) is 12.4. The summed E-state index contributed by atoms with van der Waals surface area (Å²) < 4.78 is 5.59. The number of carbonyl (C=O) groups excluding carboxylic acids is 1. The van der Waals surface area contributed by atoms with E-state index in [9.17, 15) is 4.79 Å². The molecular formula is C26H37N5O2. The molecule has 178 valence electrons. The minimum absolute atomic E-state index is 0.0316. The van der Waals surface area contributed by atoms with Crippen molar-refractivity contribution in [2.75, 3.05) is 76.7 Å². The number of likely N-dealkylation sites (N-methyl/N-ethyl adjacent to an activating group) is 1. The van der Waals surface area contributed by atoms with Crippen molar-refractivity contribution < 1.29 is 9.53 Å². The fraction of sp³-hybridized carbons (Fsp3) is 0.500. The van der Waals surface area contributed by atoms with Gasteiger partial charge in [0, 0.05) is 64.6 Å². The molecule has 2 aliphatic heterocycles. The SMILES string of the molecule is COc1ccc(NC(=O)N2CCN(Cc3cccc(C)c3C)CC2)cc1N1CCN(C)CC1. The summed E-state index contributed by atoms with van der Waals surface area (Å²) in [5, 5.41) is 3.11. The van der Waals surface area contributed by atoms with Gasteiger partial charge in [-0.25, -0.2) is 4.79 Å². The van der Waals surface area contributed by atoms with Gasteiger partial charge in [0.15, 0.2) is 0 Å². The minimum atomic E-state index is -0.0316. The summed E-state index contributed by atoms with van der Waals surface area (Å²) in [6.45, 7) is 12.5. The van der Waals surface area contributed by atoms with Crippen molar-refractivity contribution in [2.45, 2.75) is 20.4 Å². The summed E-state index contributed by atoms with van der Waals surface area (Å²) in [7, 11) is 3.85. The Morgan fingerprint density at radius 2 is 1.70 bits per heavy atom. The molecule has 7 nitrogen and oxygen atoms in total. The highest BCUT2D eigenvalue weighted by Gasteiger charge is 2.23. The molecule has 0 atom stereocenters. The molecular weight excluding hydrogens is 414 g/mol. The Morgan fingerprint density at radius 1 is 0.970 bits per heavy atom. The molecule has 2 aliphatic rings. The minimum Gasteiger partial charge on any atom is -0.495 e. The number of nitrogens with one attached hydrogen (secondary N) is 1. The average Bonchev–Trinajstić information content (AvgIpc) is 2.83. The molecule has 2 aromatic rings. The number of amides is 2. The van der Waals surface area contributed by atoms with E-state index < -0.39 is 0 Å². The highest BCUT2D eigenvalue weighted by atomic mass is 16.5. The van der Waals surface area contributed by atoms with Crippen molar-refractivity contribution in [3.8, 4) is 5.75 Å². The molecule has 33 heavy (non-hydrogen) atoms. The predicted octanol–water partition coefficient (Wildman–Crippen LogP) is 3.41. The van der Waals surface area contributed by atoms with Crippen LogP contribution in [0.4, 0.5) is 16.2 Å². The molecule has 0 saturated carbocycles. The third-order valence-electron chi connectivity index (χ3n) is 7.04. The number of hydrogen-bond donors (Lipinski definition) is 1. The van der Waals surface area contributed by atoms with E-state index in [0.29, 0.717) is 0 Å². The van der Waals surface area contributed by atoms with E-state index in [0.717, 1.165) is 76.0 Å². The molecule has 0 unspecified atom stereocenters. The zero-order valence-corrected chi connectivity index (χ0v) is 20.4. The number of benzene rings is 2. The van der Waals surface area contributed by atoms with Crippen LogP contribution in [-0.2, 0) is 6.54 Å². The van der Waals surface area contributed by atoms with Crippen molar-refractivity contribution in [1.82, 2.24) is 14.7 Å². The zero-order valence-electron chi connectivity index (χ0n) is 20.4. The van der Waals surface area contributed by atoms with Gasteiger partial charge in [-0.2, -0.15) is 0 Å². The first kappa shape index (κ1) is 23.4. The van der Waals surface area contributed by atoms with Gasteiger partial charge in [0.2, 0.25) is 0 Å². The lowest BCUT2D eigenvalue weighted by atomic mass is 10.0. The Balaban J connectivity index is 1.34. The van der Waals surface area contributed by atoms with Gasteiger partial charge in [-0.3, -0.25) is 4.90 Å². The molecule has 1 N–H and O–H groups in total. The van der Waals surface area contributed by atoms with Crippen LogP contribution in [0.2, 0.25) is 0 Å². The maximum atomic E-state index is 13.0. The summed E-state index contributed by atoms with van der Waals surface area (Å²) in [6.07, 6.45) is 0. The Morgan fingerprint density at radius 3 is 2.39 bits per heavy atom. The number of piperazine rings is 2. The van der Waals surface area contributed by atoms with Crippen LogP contribution in [0, 0.1) is 13.8 Å². The number of ether oxygens (including phenoxy) is 1. The summed E-state index contributed by atoms with van der Waals surface area (Å²) in [5.41, 5.74) is 5.94. The molecule has 2 aromatic carbocycles. The van der Waals surface area contributed by atoms with Crippen LogP contribution in [0.15, 0.2) is 36.4 Å². The van der Waals surface area contributed by atoms with Crippen molar-refractivity contribution in [2.24, 2.45) is 0 Å². The largest absolute Gasteiger partial charge is 0.495 e. The van der Waals surface area contributed by atoms with Gasteiger partial charge in [-0.1, -0.05) is 18.2 Å². The highest BCUT2D eigenvalue weighted by Crippen LogP contribution is 2.32. The van der Waals surface area contributed by atoms with Crippen LogP contribution in [0.1, 0.15) is 16.7 Å². The molecule has 0 aliphatic carbocycles. The van der Waals surface area contributed by atoms with Crippen LogP contribution in [-0.4, -0.2) is 87.2 Å². The topological polar surface area (TPSA) is 51.3 Å². The number of methoxy groups -OCH3 is 1. The fourth-order valence-corrected chi connectivity index (χ4v) is 4.60. The molecule has 0 spiro atoms. The zero-order chi connectivity index (χ0) is 23.4. The Bertz CT molecular complexity index is 963. The monoisotopic (exact) mass is 451 g/mol. The lowest BCUT2D eigenvalue weighted by Gasteiger charge is -2.36. The second-order valence-electron chi connectivity index (χ2n) is 9.23. The predicted molar refractivity (Wildman–Crippen MR) is 134 cm³/mol. The normalized spacial score (nSPS) is 17.8. The summed E-state index contributed by atoms with van der Waals surface area (Å²) in [4.78, 5) is 22.0. The Labute approximate surface area is 197 Å². The van der Waals surface area contributed by atoms with E-state index in [4.69, 9.17) is 4.74 Å². The fourth-order valence-electron chi connectivity index (χ4n) is 4.60. The van der Waals surface area contributed by atoms with Crippen molar-refractivity contribution >= 4 is 17.4 Å². The molecule has 0 radical (unpaired) electrons.